The fraction of sp³-hybridized carbons (Fsp3) is 0.200. The van der Waals surface area contributed by atoms with Crippen LogP contribution < -0.4 is 0 Å². The van der Waals surface area contributed by atoms with Gasteiger partial charge in [0, 0.05) is 4.90 Å². The predicted molar refractivity (Wildman–Crippen MR) is 76.7 cm³/mol. The SMILES string of the molecule is C=C/C=C(\[C@@H](O)/C=C/C)[S@@](=O)c1ccc(C)cc1. The summed E-state index contributed by atoms with van der Waals surface area (Å²) in [7, 11) is -1.37. The van der Waals surface area contributed by atoms with E-state index >= 15 is 0 Å². The first kappa shape index (κ1) is 14.6. The van der Waals surface area contributed by atoms with Gasteiger partial charge in [-0.05, 0) is 32.1 Å². The van der Waals surface area contributed by atoms with Crippen LogP contribution in [0.5, 0.6) is 0 Å². The molecule has 3 heteroatoms. The quantitative estimate of drug-likeness (QED) is 0.654. The van der Waals surface area contributed by atoms with Crippen LogP contribution in [0.1, 0.15) is 12.5 Å². The number of rotatable bonds is 5. The molecular formula is C15H18O2S. The second-order valence-electron chi connectivity index (χ2n) is 3.86. The average Bonchev–Trinajstić information content (AvgIpc) is 2.36. The van der Waals surface area contributed by atoms with Gasteiger partial charge in [-0.1, -0.05) is 42.5 Å². The number of aliphatic hydroxyl groups excluding tert-OH is 1. The largest absolute Gasteiger partial charge is 0.384 e. The maximum atomic E-state index is 12.4. The molecule has 0 aliphatic rings. The third-order valence-corrected chi connectivity index (χ3v) is 3.90. The van der Waals surface area contributed by atoms with E-state index in [1.165, 1.54) is 6.08 Å². The van der Waals surface area contributed by atoms with Crippen LogP contribution in [0, 0.1) is 6.92 Å². The third kappa shape index (κ3) is 3.79. The molecule has 1 N–H and O–H groups in total. The van der Waals surface area contributed by atoms with E-state index in [-0.39, 0.29) is 0 Å². The average molecular weight is 262 g/mol. The fourth-order valence-corrected chi connectivity index (χ4v) is 2.63. The van der Waals surface area contributed by atoms with Crippen molar-refractivity contribution in [2.24, 2.45) is 0 Å². The first-order chi connectivity index (χ1) is 8.60. The van der Waals surface area contributed by atoms with Crippen molar-refractivity contribution in [3.05, 3.63) is 65.6 Å². The highest BCUT2D eigenvalue weighted by Gasteiger charge is 2.15. The minimum Gasteiger partial charge on any atom is -0.384 e. The summed E-state index contributed by atoms with van der Waals surface area (Å²) in [4.78, 5) is 1.12. The van der Waals surface area contributed by atoms with Gasteiger partial charge in [0.1, 0.15) is 6.10 Å². The Labute approximate surface area is 111 Å². The van der Waals surface area contributed by atoms with Gasteiger partial charge < -0.3 is 5.11 Å². The highest BCUT2D eigenvalue weighted by molar-refractivity contribution is 7.89. The Kier molecular flexibility index (Phi) is 5.75. The molecule has 2 atom stereocenters. The molecule has 2 nitrogen and oxygen atoms in total. The van der Waals surface area contributed by atoms with Crippen LogP contribution in [0.4, 0.5) is 0 Å². The van der Waals surface area contributed by atoms with E-state index in [4.69, 9.17) is 0 Å². The van der Waals surface area contributed by atoms with Crippen LogP contribution in [-0.4, -0.2) is 15.4 Å². The number of hydrogen-bond acceptors (Lipinski definition) is 2. The summed E-state index contributed by atoms with van der Waals surface area (Å²) < 4.78 is 12.4. The molecule has 0 heterocycles. The standard InChI is InChI=1S/C15H18O2S/c1-4-6-14(16)15(7-5-2)18(17)13-10-8-12(3)9-11-13/h4-11,14,16H,2H2,1,3H3/b6-4+,15-7+/t14-,18-/m0/s1. The summed E-state index contributed by atoms with van der Waals surface area (Å²) in [5.74, 6) is 0. The lowest BCUT2D eigenvalue weighted by Gasteiger charge is -2.11. The van der Waals surface area contributed by atoms with Crippen molar-refractivity contribution < 1.29 is 9.32 Å². The Bertz CT molecular complexity index is 484. The second-order valence-corrected chi connectivity index (χ2v) is 5.34. The Morgan fingerprint density at radius 2 is 2.00 bits per heavy atom. The molecule has 0 aliphatic heterocycles. The molecule has 1 rings (SSSR count). The van der Waals surface area contributed by atoms with E-state index in [0.717, 1.165) is 5.56 Å². The van der Waals surface area contributed by atoms with E-state index in [1.54, 1.807) is 18.2 Å². The van der Waals surface area contributed by atoms with Gasteiger partial charge in [-0.2, -0.15) is 0 Å². The van der Waals surface area contributed by atoms with Gasteiger partial charge in [0.25, 0.3) is 0 Å². The summed E-state index contributed by atoms with van der Waals surface area (Å²) >= 11 is 0. The van der Waals surface area contributed by atoms with Crippen molar-refractivity contribution in [2.75, 3.05) is 0 Å². The van der Waals surface area contributed by atoms with Crippen molar-refractivity contribution in [3.63, 3.8) is 0 Å². The molecule has 0 fully saturated rings. The van der Waals surface area contributed by atoms with Crippen LogP contribution in [-0.2, 0) is 10.8 Å². The highest BCUT2D eigenvalue weighted by atomic mass is 32.2. The normalized spacial score (nSPS) is 15.6. The Morgan fingerprint density at radius 3 is 2.50 bits per heavy atom. The lowest BCUT2D eigenvalue weighted by molar-refractivity contribution is 0.267. The zero-order valence-corrected chi connectivity index (χ0v) is 11.5. The Balaban J connectivity index is 3.07. The van der Waals surface area contributed by atoms with Gasteiger partial charge in [-0.3, -0.25) is 0 Å². The van der Waals surface area contributed by atoms with E-state index in [9.17, 15) is 9.32 Å². The molecule has 0 unspecified atom stereocenters. The van der Waals surface area contributed by atoms with Crippen LogP contribution in [0.25, 0.3) is 0 Å². The molecule has 0 amide bonds. The molecule has 1 aromatic rings. The van der Waals surface area contributed by atoms with E-state index in [0.29, 0.717) is 9.80 Å². The lowest BCUT2D eigenvalue weighted by atomic mass is 10.2. The van der Waals surface area contributed by atoms with Crippen molar-refractivity contribution in [1.29, 1.82) is 0 Å². The van der Waals surface area contributed by atoms with Crippen LogP contribution in [0.2, 0.25) is 0 Å². The third-order valence-electron chi connectivity index (χ3n) is 2.40. The molecule has 0 saturated carbocycles. The van der Waals surface area contributed by atoms with Crippen molar-refractivity contribution in [3.8, 4) is 0 Å². The predicted octanol–water partition coefficient (Wildman–Crippen LogP) is 3.11. The number of aryl methyl sites for hydroxylation is 1. The van der Waals surface area contributed by atoms with Crippen molar-refractivity contribution in [2.45, 2.75) is 24.8 Å². The summed E-state index contributed by atoms with van der Waals surface area (Å²) in [5, 5.41) is 9.93. The molecule has 96 valence electrons. The van der Waals surface area contributed by atoms with Crippen LogP contribution in [0.15, 0.2) is 64.9 Å². The topological polar surface area (TPSA) is 37.3 Å². The van der Waals surface area contributed by atoms with Gasteiger partial charge in [0.05, 0.1) is 15.7 Å². The van der Waals surface area contributed by atoms with Gasteiger partial charge in [-0.15, -0.1) is 0 Å². The summed E-state index contributed by atoms with van der Waals surface area (Å²) in [6.07, 6.45) is 5.61. The molecule has 1 aromatic carbocycles. The molecular weight excluding hydrogens is 244 g/mol. The Hall–Kier alpha value is -1.45. The number of hydrogen-bond donors (Lipinski definition) is 1. The monoisotopic (exact) mass is 262 g/mol. The lowest BCUT2D eigenvalue weighted by Crippen LogP contribution is -2.12. The van der Waals surface area contributed by atoms with Gasteiger partial charge in [0.2, 0.25) is 0 Å². The molecule has 0 aromatic heterocycles. The molecule has 0 saturated heterocycles. The smallest absolute Gasteiger partial charge is 0.106 e. The van der Waals surface area contributed by atoms with Gasteiger partial charge in [0.15, 0.2) is 0 Å². The molecule has 0 bridgehead atoms. The zero-order chi connectivity index (χ0) is 13.5. The van der Waals surface area contributed by atoms with Gasteiger partial charge >= 0.3 is 0 Å². The van der Waals surface area contributed by atoms with Crippen LogP contribution in [0.3, 0.4) is 0 Å². The van der Waals surface area contributed by atoms with Crippen molar-refractivity contribution >= 4 is 10.8 Å². The summed E-state index contributed by atoms with van der Waals surface area (Å²) in [6, 6.07) is 7.43. The molecule has 0 spiro atoms. The van der Waals surface area contributed by atoms with Crippen LogP contribution >= 0.6 is 0 Å². The zero-order valence-electron chi connectivity index (χ0n) is 10.7. The van der Waals surface area contributed by atoms with E-state index in [2.05, 4.69) is 6.58 Å². The van der Waals surface area contributed by atoms with Crippen molar-refractivity contribution in [1.82, 2.24) is 0 Å². The second kappa shape index (κ2) is 7.09. The first-order valence-electron chi connectivity index (χ1n) is 5.72. The molecule has 0 aliphatic carbocycles. The number of benzene rings is 1. The highest BCUT2D eigenvalue weighted by Crippen LogP contribution is 2.19. The maximum Gasteiger partial charge on any atom is 0.106 e. The minimum atomic E-state index is -1.37. The number of allylic oxidation sites excluding steroid dienone is 3. The maximum absolute atomic E-state index is 12.4. The van der Waals surface area contributed by atoms with Gasteiger partial charge in [-0.25, -0.2) is 4.21 Å². The summed E-state index contributed by atoms with van der Waals surface area (Å²) in [6.45, 7) is 7.37. The molecule has 0 radical (unpaired) electrons. The number of aliphatic hydroxyl groups is 1. The van der Waals surface area contributed by atoms with E-state index < -0.39 is 16.9 Å². The van der Waals surface area contributed by atoms with E-state index in [1.807, 2.05) is 38.1 Å². The molecule has 18 heavy (non-hydrogen) atoms. The fourth-order valence-electron chi connectivity index (χ4n) is 1.46. The first-order valence-corrected chi connectivity index (χ1v) is 6.87. The minimum absolute atomic E-state index is 0.437. The summed E-state index contributed by atoms with van der Waals surface area (Å²) in [5.41, 5.74) is 1.11. The Morgan fingerprint density at radius 1 is 1.39 bits per heavy atom.